The van der Waals surface area contributed by atoms with E-state index in [4.69, 9.17) is 4.74 Å². The Balaban J connectivity index is 2.54. The lowest BCUT2D eigenvalue weighted by Crippen LogP contribution is -2.37. The molecule has 0 aliphatic rings. The maximum atomic E-state index is 5.85. The third-order valence-electron chi connectivity index (χ3n) is 2.58. The van der Waals surface area contributed by atoms with Crippen molar-refractivity contribution in [2.45, 2.75) is 26.9 Å². The first-order valence-electron chi connectivity index (χ1n) is 6.72. The van der Waals surface area contributed by atoms with Gasteiger partial charge in [0, 0.05) is 20.6 Å². The summed E-state index contributed by atoms with van der Waals surface area (Å²) in [7, 11) is 3.96. The highest BCUT2D eigenvalue weighted by molar-refractivity contribution is 5.79. The van der Waals surface area contributed by atoms with E-state index < -0.39 is 0 Å². The van der Waals surface area contributed by atoms with Crippen molar-refractivity contribution in [1.29, 1.82) is 0 Å². The Morgan fingerprint density at radius 2 is 2.16 bits per heavy atom. The van der Waals surface area contributed by atoms with Crippen molar-refractivity contribution in [3.05, 3.63) is 29.8 Å². The van der Waals surface area contributed by atoms with E-state index >= 15 is 0 Å². The molecule has 1 N–H and O–H groups in total. The molecule has 19 heavy (non-hydrogen) atoms. The molecule has 106 valence electrons. The average molecular weight is 263 g/mol. The highest BCUT2D eigenvalue weighted by atomic mass is 16.5. The van der Waals surface area contributed by atoms with Gasteiger partial charge in [0.15, 0.2) is 5.96 Å². The van der Waals surface area contributed by atoms with Crippen molar-refractivity contribution in [2.24, 2.45) is 4.99 Å². The van der Waals surface area contributed by atoms with E-state index in [0.29, 0.717) is 6.54 Å². The number of hydrogen-bond acceptors (Lipinski definition) is 2. The van der Waals surface area contributed by atoms with Crippen LogP contribution < -0.4 is 10.1 Å². The van der Waals surface area contributed by atoms with Gasteiger partial charge in [-0.25, -0.2) is 4.99 Å². The second-order valence-corrected chi connectivity index (χ2v) is 4.83. The van der Waals surface area contributed by atoms with Crippen LogP contribution in [0.4, 0.5) is 0 Å². The molecular formula is C15H25N3O. The van der Waals surface area contributed by atoms with Crippen LogP contribution in [0.15, 0.2) is 29.3 Å². The third kappa shape index (κ3) is 5.64. The van der Waals surface area contributed by atoms with E-state index in [1.807, 2.05) is 44.1 Å². The molecule has 0 fully saturated rings. The van der Waals surface area contributed by atoms with Crippen LogP contribution in [0.25, 0.3) is 0 Å². The molecule has 1 aromatic rings. The normalized spacial score (nSPS) is 13.0. The summed E-state index contributed by atoms with van der Waals surface area (Å²) in [6.07, 6.45) is 0.0513. The molecule has 0 spiro atoms. The van der Waals surface area contributed by atoms with Crippen LogP contribution in [0.3, 0.4) is 0 Å². The number of aryl methyl sites for hydroxylation is 1. The maximum absolute atomic E-state index is 5.85. The van der Waals surface area contributed by atoms with Gasteiger partial charge in [0.05, 0.1) is 6.54 Å². The van der Waals surface area contributed by atoms with Crippen molar-refractivity contribution in [3.8, 4) is 5.75 Å². The summed E-state index contributed by atoms with van der Waals surface area (Å²) in [5, 5.41) is 3.23. The van der Waals surface area contributed by atoms with Crippen LogP contribution in [0.1, 0.15) is 19.4 Å². The summed E-state index contributed by atoms with van der Waals surface area (Å²) in [6, 6.07) is 8.08. The van der Waals surface area contributed by atoms with Crippen LogP contribution in [0, 0.1) is 6.92 Å². The van der Waals surface area contributed by atoms with E-state index in [1.165, 1.54) is 5.56 Å². The van der Waals surface area contributed by atoms with Gasteiger partial charge in [0.2, 0.25) is 0 Å². The molecule has 0 heterocycles. The maximum Gasteiger partial charge on any atom is 0.193 e. The molecule has 1 aromatic carbocycles. The quantitative estimate of drug-likeness (QED) is 0.654. The lowest BCUT2D eigenvalue weighted by molar-refractivity contribution is 0.229. The van der Waals surface area contributed by atoms with Crippen LogP contribution in [0.2, 0.25) is 0 Å². The Morgan fingerprint density at radius 3 is 2.74 bits per heavy atom. The largest absolute Gasteiger partial charge is 0.489 e. The number of rotatable bonds is 5. The molecule has 1 rings (SSSR count). The van der Waals surface area contributed by atoms with Gasteiger partial charge >= 0.3 is 0 Å². The molecule has 1 unspecified atom stereocenters. The van der Waals surface area contributed by atoms with Crippen molar-refractivity contribution in [1.82, 2.24) is 10.2 Å². The molecule has 0 bridgehead atoms. The first-order valence-corrected chi connectivity index (χ1v) is 6.72. The summed E-state index contributed by atoms with van der Waals surface area (Å²) in [4.78, 5) is 6.51. The van der Waals surface area contributed by atoms with Gasteiger partial charge in [-0.15, -0.1) is 0 Å². The zero-order valence-corrected chi connectivity index (χ0v) is 12.6. The summed E-state index contributed by atoms with van der Waals surface area (Å²) in [5.74, 6) is 1.79. The second-order valence-electron chi connectivity index (χ2n) is 4.83. The minimum absolute atomic E-state index is 0.0513. The molecule has 1 atom stereocenters. The van der Waals surface area contributed by atoms with Gasteiger partial charge in [-0.3, -0.25) is 0 Å². The number of aliphatic imine (C=N–C) groups is 1. The van der Waals surface area contributed by atoms with E-state index in [9.17, 15) is 0 Å². The van der Waals surface area contributed by atoms with Crippen molar-refractivity contribution in [2.75, 3.05) is 27.2 Å². The molecule has 4 heteroatoms. The van der Waals surface area contributed by atoms with Gasteiger partial charge in [-0.05, 0) is 38.5 Å². The van der Waals surface area contributed by atoms with Crippen LogP contribution in [0.5, 0.6) is 5.75 Å². The first-order chi connectivity index (χ1) is 9.02. The Labute approximate surface area is 116 Å². The van der Waals surface area contributed by atoms with Crippen LogP contribution in [-0.2, 0) is 0 Å². The smallest absolute Gasteiger partial charge is 0.193 e. The summed E-state index contributed by atoms with van der Waals surface area (Å²) in [5.41, 5.74) is 1.20. The topological polar surface area (TPSA) is 36.9 Å². The number of benzene rings is 1. The number of nitrogens with zero attached hydrogens (tertiary/aromatic N) is 2. The van der Waals surface area contributed by atoms with Gasteiger partial charge in [0.1, 0.15) is 11.9 Å². The van der Waals surface area contributed by atoms with Gasteiger partial charge in [-0.2, -0.15) is 0 Å². The molecule has 0 radical (unpaired) electrons. The minimum Gasteiger partial charge on any atom is -0.489 e. The fourth-order valence-electron chi connectivity index (χ4n) is 1.69. The predicted octanol–water partition coefficient (Wildman–Crippen LogP) is 2.29. The van der Waals surface area contributed by atoms with Crippen LogP contribution in [-0.4, -0.2) is 44.1 Å². The number of guanidine groups is 1. The Kier molecular flexibility index (Phi) is 6.19. The van der Waals surface area contributed by atoms with Crippen molar-refractivity contribution in [3.63, 3.8) is 0 Å². The van der Waals surface area contributed by atoms with Gasteiger partial charge < -0.3 is 15.0 Å². The highest BCUT2D eigenvalue weighted by Gasteiger charge is 2.05. The Bertz CT molecular complexity index is 416. The van der Waals surface area contributed by atoms with E-state index in [2.05, 4.69) is 30.2 Å². The number of ether oxygens (including phenoxy) is 1. The molecule has 0 saturated heterocycles. The molecule has 0 aromatic heterocycles. The van der Waals surface area contributed by atoms with Crippen LogP contribution >= 0.6 is 0 Å². The molecular weight excluding hydrogens is 238 g/mol. The monoisotopic (exact) mass is 263 g/mol. The molecule has 0 aliphatic heterocycles. The van der Waals surface area contributed by atoms with E-state index in [-0.39, 0.29) is 6.10 Å². The standard InChI is InChI=1S/C15H25N3O/c1-6-16-15(18(4)5)17-11-13(3)19-14-9-7-8-12(2)10-14/h7-10,13H,6,11H2,1-5H3,(H,16,17). The minimum atomic E-state index is 0.0513. The zero-order valence-electron chi connectivity index (χ0n) is 12.6. The lowest BCUT2D eigenvalue weighted by atomic mass is 10.2. The number of hydrogen-bond donors (Lipinski definition) is 1. The predicted molar refractivity (Wildman–Crippen MR) is 80.9 cm³/mol. The molecule has 4 nitrogen and oxygen atoms in total. The van der Waals surface area contributed by atoms with E-state index in [0.717, 1.165) is 18.3 Å². The highest BCUT2D eigenvalue weighted by Crippen LogP contribution is 2.14. The van der Waals surface area contributed by atoms with Crippen molar-refractivity contribution >= 4 is 5.96 Å². The average Bonchev–Trinajstić information content (AvgIpc) is 2.34. The zero-order chi connectivity index (χ0) is 14.3. The fourth-order valence-corrected chi connectivity index (χ4v) is 1.69. The Hall–Kier alpha value is -1.71. The second kappa shape index (κ2) is 7.67. The Morgan fingerprint density at radius 1 is 1.42 bits per heavy atom. The van der Waals surface area contributed by atoms with Crippen molar-refractivity contribution < 1.29 is 4.74 Å². The lowest BCUT2D eigenvalue weighted by Gasteiger charge is -2.18. The summed E-state index contributed by atoms with van der Waals surface area (Å²) < 4.78 is 5.85. The molecule has 0 aliphatic carbocycles. The number of nitrogens with one attached hydrogen (secondary N) is 1. The fraction of sp³-hybridized carbons (Fsp3) is 0.533. The first kappa shape index (κ1) is 15.3. The van der Waals surface area contributed by atoms with Gasteiger partial charge in [0.25, 0.3) is 0 Å². The third-order valence-corrected chi connectivity index (χ3v) is 2.58. The summed E-state index contributed by atoms with van der Waals surface area (Å²) in [6.45, 7) is 7.65. The molecule has 0 saturated carbocycles. The van der Waals surface area contributed by atoms with Gasteiger partial charge in [-0.1, -0.05) is 12.1 Å². The summed E-state index contributed by atoms with van der Waals surface area (Å²) >= 11 is 0. The molecule has 0 amide bonds. The van der Waals surface area contributed by atoms with E-state index in [1.54, 1.807) is 0 Å². The SMILES string of the molecule is CCNC(=NCC(C)Oc1cccc(C)c1)N(C)C.